The molecule has 1 saturated carbocycles. The highest BCUT2D eigenvalue weighted by Crippen LogP contribution is 2.39. The average molecular weight is 401 g/mol. The molecule has 1 fully saturated rings. The Morgan fingerprint density at radius 1 is 1.14 bits per heavy atom. The molecule has 1 N–H and O–H groups in total. The third kappa shape index (κ3) is 3.39. The van der Waals surface area contributed by atoms with E-state index in [0.717, 1.165) is 29.7 Å². The molecule has 0 unspecified atom stereocenters. The van der Waals surface area contributed by atoms with E-state index in [0.29, 0.717) is 28.9 Å². The highest BCUT2D eigenvalue weighted by molar-refractivity contribution is 6.00. The number of methoxy groups -OCH3 is 2. The normalized spacial score (nSPS) is 13.4. The van der Waals surface area contributed by atoms with Crippen molar-refractivity contribution < 1.29 is 23.0 Å². The second kappa shape index (κ2) is 7.16. The molecule has 9 heteroatoms. The van der Waals surface area contributed by atoms with Crippen molar-refractivity contribution >= 4 is 16.8 Å². The summed E-state index contributed by atoms with van der Waals surface area (Å²) in [6, 6.07) is 5.66. The number of carbonyl (C=O) groups excluding carboxylic acids is 1. The number of ether oxygens (including phenoxy) is 2. The van der Waals surface area contributed by atoms with Crippen molar-refractivity contribution in [3.05, 3.63) is 63.7 Å². The van der Waals surface area contributed by atoms with Crippen LogP contribution in [0.3, 0.4) is 0 Å². The molecule has 7 nitrogen and oxygen atoms in total. The Morgan fingerprint density at radius 3 is 2.45 bits per heavy atom. The van der Waals surface area contributed by atoms with Crippen molar-refractivity contribution in [2.24, 2.45) is 0 Å². The van der Waals surface area contributed by atoms with Crippen LogP contribution in [0.2, 0.25) is 0 Å². The average Bonchev–Trinajstić information content (AvgIpc) is 3.54. The minimum absolute atomic E-state index is 0.00133. The fraction of sp³-hybridized carbons (Fsp3) is 0.250. The lowest BCUT2D eigenvalue weighted by molar-refractivity contribution is 0.100. The molecule has 29 heavy (non-hydrogen) atoms. The van der Waals surface area contributed by atoms with Crippen LogP contribution in [-0.2, 0) is 0 Å². The molecule has 0 spiro atoms. The Bertz CT molecular complexity index is 1190. The zero-order chi connectivity index (χ0) is 20.7. The minimum Gasteiger partial charge on any atom is -0.493 e. The highest BCUT2D eigenvalue weighted by atomic mass is 19.1. The topological polar surface area (TPSA) is 82.5 Å². The molecule has 0 bridgehead atoms. The van der Waals surface area contributed by atoms with Crippen LogP contribution in [0.4, 0.5) is 8.78 Å². The molecule has 0 saturated heterocycles. The third-order valence-corrected chi connectivity index (χ3v) is 4.73. The smallest absolute Gasteiger partial charge is 0.280 e. The Hall–Kier alpha value is -3.49. The summed E-state index contributed by atoms with van der Waals surface area (Å²) >= 11 is 0. The van der Waals surface area contributed by atoms with E-state index in [2.05, 4.69) is 10.4 Å². The van der Waals surface area contributed by atoms with Crippen LogP contribution >= 0.6 is 0 Å². The quantitative estimate of drug-likeness (QED) is 0.711. The molecule has 1 amide bonds. The first kappa shape index (κ1) is 18.9. The van der Waals surface area contributed by atoms with Gasteiger partial charge >= 0.3 is 0 Å². The van der Waals surface area contributed by atoms with E-state index in [1.54, 1.807) is 6.07 Å². The first-order valence-corrected chi connectivity index (χ1v) is 8.88. The predicted octanol–water partition coefficient (Wildman–Crippen LogP) is 2.95. The Balaban J connectivity index is 1.84. The highest BCUT2D eigenvalue weighted by Gasteiger charge is 2.31. The van der Waals surface area contributed by atoms with Crippen LogP contribution in [0.1, 0.15) is 34.9 Å². The Labute approximate surface area is 163 Å². The van der Waals surface area contributed by atoms with Crippen molar-refractivity contribution in [1.29, 1.82) is 0 Å². The molecule has 4 rings (SSSR count). The maximum Gasteiger partial charge on any atom is 0.280 e. The SMILES string of the molecule is COc1cc2nc(C3CC3)n(NC(=O)c3ccc(F)cc3F)c(=O)c2cc1OC. The molecule has 0 aliphatic heterocycles. The number of nitrogens with one attached hydrogen (secondary N) is 1. The summed E-state index contributed by atoms with van der Waals surface area (Å²) in [5.74, 6) is -1.59. The molecule has 150 valence electrons. The van der Waals surface area contributed by atoms with E-state index >= 15 is 0 Å². The number of amides is 1. The lowest BCUT2D eigenvalue weighted by Crippen LogP contribution is -2.36. The summed E-state index contributed by atoms with van der Waals surface area (Å²) in [4.78, 5) is 30.2. The summed E-state index contributed by atoms with van der Waals surface area (Å²) in [7, 11) is 2.91. The minimum atomic E-state index is -1.02. The second-order valence-electron chi connectivity index (χ2n) is 6.67. The van der Waals surface area contributed by atoms with Crippen molar-refractivity contribution in [3.8, 4) is 11.5 Å². The number of aromatic nitrogens is 2. The van der Waals surface area contributed by atoms with Gasteiger partial charge in [0.15, 0.2) is 11.5 Å². The molecule has 1 aromatic heterocycles. The van der Waals surface area contributed by atoms with E-state index in [1.165, 1.54) is 20.3 Å². The Kier molecular flexibility index (Phi) is 4.65. The maximum atomic E-state index is 14.0. The summed E-state index contributed by atoms with van der Waals surface area (Å²) in [5, 5.41) is 0.201. The number of benzene rings is 2. The lowest BCUT2D eigenvalue weighted by atomic mass is 10.2. The molecule has 0 atom stereocenters. The van der Waals surface area contributed by atoms with Crippen molar-refractivity contribution in [2.45, 2.75) is 18.8 Å². The van der Waals surface area contributed by atoms with Gasteiger partial charge in [0.05, 0.1) is 30.7 Å². The maximum absolute atomic E-state index is 14.0. The molecule has 3 aromatic rings. The van der Waals surface area contributed by atoms with Gasteiger partial charge < -0.3 is 9.47 Å². The standard InChI is InChI=1S/C20H17F2N3O4/c1-28-16-8-13-15(9-17(16)29-2)23-18(10-3-4-10)25(20(13)27)24-19(26)12-6-5-11(21)7-14(12)22/h5-10H,3-4H2,1-2H3,(H,24,26). The van der Waals surface area contributed by atoms with Gasteiger partial charge in [0.25, 0.3) is 11.5 Å². The van der Waals surface area contributed by atoms with Crippen LogP contribution in [0, 0.1) is 11.6 Å². The third-order valence-electron chi connectivity index (χ3n) is 4.73. The van der Waals surface area contributed by atoms with Gasteiger partial charge in [-0.1, -0.05) is 0 Å². The predicted molar refractivity (Wildman–Crippen MR) is 101 cm³/mol. The first-order valence-electron chi connectivity index (χ1n) is 8.88. The van der Waals surface area contributed by atoms with Gasteiger partial charge in [0.1, 0.15) is 17.5 Å². The van der Waals surface area contributed by atoms with Gasteiger partial charge in [0.2, 0.25) is 0 Å². The van der Waals surface area contributed by atoms with E-state index in [-0.39, 0.29) is 16.9 Å². The first-order chi connectivity index (χ1) is 13.9. The number of nitrogens with zero attached hydrogens (tertiary/aromatic N) is 2. The van der Waals surface area contributed by atoms with Crippen molar-refractivity contribution in [2.75, 3.05) is 19.6 Å². The number of hydrogen-bond acceptors (Lipinski definition) is 5. The van der Waals surface area contributed by atoms with Crippen LogP contribution in [0.5, 0.6) is 11.5 Å². The number of fused-ring (bicyclic) bond motifs is 1. The van der Waals surface area contributed by atoms with Gasteiger partial charge in [-0.2, -0.15) is 0 Å². The van der Waals surface area contributed by atoms with E-state index in [1.807, 2.05) is 0 Å². The number of rotatable bonds is 5. The molecular formula is C20H17F2N3O4. The number of carbonyl (C=O) groups is 1. The molecule has 0 radical (unpaired) electrons. The molecular weight excluding hydrogens is 384 g/mol. The van der Waals surface area contributed by atoms with E-state index in [4.69, 9.17) is 9.47 Å². The van der Waals surface area contributed by atoms with Gasteiger partial charge in [-0.05, 0) is 31.0 Å². The van der Waals surface area contributed by atoms with Crippen LogP contribution in [0.25, 0.3) is 10.9 Å². The van der Waals surface area contributed by atoms with Gasteiger partial charge in [-0.3, -0.25) is 15.0 Å². The summed E-state index contributed by atoms with van der Waals surface area (Å²) in [6.45, 7) is 0. The fourth-order valence-corrected chi connectivity index (χ4v) is 3.09. The van der Waals surface area contributed by atoms with Gasteiger partial charge in [0, 0.05) is 18.1 Å². The summed E-state index contributed by atoms with van der Waals surface area (Å²) < 4.78 is 38.6. The monoisotopic (exact) mass is 401 g/mol. The number of halogens is 2. The van der Waals surface area contributed by atoms with Crippen LogP contribution in [0.15, 0.2) is 35.1 Å². The molecule has 1 aliphatic rings. The van der Waals surface area contributed by atoms with Crippen LogP contribution in [-0.4, -0.2) is 29.8 Å². The van der Waals surface area contributed by atoms with E-state index in [9.17, 15) is 18.4 Å². The fourth-order valence-electron chi connectivity index (χ4n) is 3.09. The van der Waals surface area contributed by atoms with Crippen molar-refractivity contribution in [3.63, 3.8) is 0 Å². The zero-order valence-corrected chi connectivity index (χ0v) is 15.7. The molecule has 2 aromatic carbocycles. The van der Waals surface area contributed by atoms with E-state index < -0.39 is 23.1 Å². The van der Waals surface area contributed by atoms with Gasteiger partial charge in [-0.25, -0.2) is 18.4 Å². The second-order valence-corrected chi connectivity index (χ2v) is 6.67. The van der Waals surface area contributed by atoms with Gasteiger partial charge in [-0.15, -0.1) is 0 Å². The Morgan fingerprint density at radius 2 is 1.83 bits per heavy atom. The number of hydrogen-bond donors (Lipinski definition) is 1. The molecule has 1 aliphatic carbocycles. The van der Waals surface area contributed by atoms with Crippen LogP contribution < -0.4 is 20.5 Å². The lowest BCUT2D eigenvalue weighted by Gasteiger charge is -2.15. The largest absolute Gasteiger partial charge is 0.493 e. The van der Waals surface area contributed by atoms with Crippen molar-refractivity contribution in [1.82, 2.24) is 9.66 Å². The summed E-state index contributed by atoms with van der Waals surface area (Å²) in [6.07, 6.45) is 1.62. The zero-order valence-electron chi connectivity index (χ0n) is 15.7. The summed E-state index contributed by atoms with van der Waals surface area (Å²) in [5.41, 5.74) is 1.88. The molecule has 1 heterocycles.